The maximum Gasteiger partial charge on any atom is 0.243 e. The van der Waals surface area contributed by atoms with Crippen molar-refractivity contribution in [3.05, 3.63) is 95.6 Å². The fraction of sp³-hybridized carbons (Fsp3) is 0.412. The second kappa shape index (κ2) is 16.1. The summed E-state index contributed by atoms with van der Waals surface area (Å²) in [6.45, 7) is 9.34. The van der Waals surface area contributed by atoms with Gasteiger partial charge in [-0.3, -0.25) is 13.9 Å². The van der Waals surface area contributed by atoms with Crippen LogP contribution in [0.1, 0.15) is 50.3 Å². The average molecular weight is 608 g/mol. The van der Waals surface area contributed by atoms with Crippen molar-refractivity contribution in [1.29, 1.82) is 0 Å². The number of hydrogen-bond donors (Lipinski definition) is 1. The number of hydrogen-bond acceptors (Lipinski definition) is 5. The van der Waals surface area contributed by atoms with E-state index in [1.54, 1.807) is 29.2 Å². The first-order chi connectivity index (χ1) is 20.5. The Balaban J connectivity index is 1.86. The van der Waals surface area contributed by atoms with Gasteiger partial charge in [0.25, 0.3) is 0 Å². The topological polar surface area (TPSA) is 96.0 Å². The highest BCUT2D eigenvalue weighted by molar-refractivity contribution is 7.92. The van der Waals surface area contributed by atoms with Crippen LogP contribution in [0, 0.1) is 12.8 Å². The van der Waals surface area contributed by atoms with Gasteiger partial charge < -0.3 is 15.0 Å². The number of benzene rings is 3. The highest BCUT2D eigenvalue weighted by Crippen LogP contribution is 2.23. The summed E-state index contributed by atoms with van der Waals surface area (Å²) in [7, 11) is -3.60. The molecule has 3 aromatic carbocycles. The van der Waals surface area contributed by atoms with Crippen LogP contribution in [0.4, 0.5) is 5.69 Å². The van der Waals surface area contributed by atoms with E-state index in [0.717, 1.165) is 22.9 Å². The fourth-order valence-electron chi connectivity index (χ4n) is 4.86. The number of nitrogens with one attached hydrogen (secondary N) is 1. The molecule has 8 nitrogen and oxygen atoms in total. The summed E-state index contributed by atoms with van der Waals surface area (Å²) < 4.78 is 32.2. The van der Waals surface area contributed by atoms with E-state index in [0.29, 0.717) is 31.0 Å². The maximum absolute atomic E-state index is 14.0. The Morgan fingerprint density at radius 2 is 1.60 bits per heavy atom. The molecule has 3 aromatic rings. The molecule has 2 amide bonds. The summed E-state index contributed by atoms with van der Waals surface area (Å²) in [5.41, 5.74) is 3.45. The minimum atomic E-state index is -3.60. The van der Waals surface area contributed by atoms with Gasteiger partial charge in [-0.25, -0.2) is 8.42 Å². The molecule has 1 atom stereocenters. The van der Waals surface area contributed by atoms with Crippen LogP contribution in [0.25, 0.3) is 0 Å². The molecule has 0 radical (unpaired) electrons. The van der Waals surface area contributed by atoms with E-state index in [2.05, 4.69) is 5.32 Å². The molecule has 1 N–H and O–H groups in total. The number of rotatable bonds is 16. The molecular weight excluding hydrogens is 562 g/mol. The molecule has 232 valence electrons. The van der Waals surface area contributed by atoms with Crippen molar-refractivity contribution >= 4 is 27.5 Å². The van der Waals surface area contributed by atoms with Crippen LogP contribution in [0.3, 0.4) is 0 Å². The number of ether oxygens (including phenoxy) is 1. The van der Waals surface area contributed by atoms with Crippen molar-refractivity contribution in [2.75, 3.05) is 30.3 Å². The smallest absolute Gasteiger partial charge is 0.243 e. The van der Waals surface area contributed by atoms with Gasteiger partial charge in [-0.1, -0.05) is 74.0 Å². The summed E-state index contributed by atoms with van der Waals surface area (Å²) in [6, 6.07) is 23.7. The lowest BCUT2D eigenvalue weighted by molar-refractivity contribution is -0.141. The van der Waals surface area contributed by atoms with Crippen LogP contribution >= 0.6 is 0 Å². The van der Waals surface area contributed by atoms with Gasteiger partial charge in [-0.2, -0.15) is 0 Å². The van der Waals surface area contributed by atoms with Crippen molar-refractivity contribution in [3.63, 3.8) is 0 Å². The predicted molar refractivity (Wildman–Crippen MR) is 173 cm³/mol. The van der Waals surface area contributed by atoms with Gasteiger partial charge in [0.15, 0.2) is 0 Å². The van der Waals surface area contributed by atoms with E-state index in [1.165, 1.54) is 4.31 Å². The molecule has 0 aliphatic heterocycles. The van der Waals surface area contributed by atoms with Crippen LogP contribution in [-0.4, -0.2) is 57.1 Å². The lowest BCUT2D eigenvalue weighted by atomic mass is 10.0. The Bertz CT molecular complexity index is 1430. The lowest BCUT2D eigenvalue weighted by Crippen LogP contribution is -2.51. The molecule has 0 spiro atoms. The third kappa shape index (κ3) is 10.7. The summed E-state index contributed by atoms with van der Waals surface area (Å²) in [4.78, 5) is 29.2. The molecule has 0 aromatic heterocycles. The first-order valence-corrected chi connectivity index (χ1v) is 16.7. The predicted octanol–water partition coefficient (Wildman–Crippen LogP) is 5.35. The monoisotopic (exact) mass is 607 g/mol. The fourth-order valence-corrected chi connectivity index (χ4v) is 5.83. The van der Waals surface area contributed by atoms with Crippen molar-refractivity contribution in [2.45, 2.75) is 59.5 Å². The van der Waals surface area contributed by atoms with E-state index >= 15 is 0 Å². The molecule has 43 heavy (non-hydrogen) atoms. The zero-order valence-corrected chi connectivity index (χ0v) is 26.8. The quantitative estimate of drug-likeness (QED) is 0.237. The largest absolute Gasteiger partial charge is 0.494 e. The van der Waals surface area contributed by atoms with E-state index < -0.39 is 16.1 Å². The Labute approximate surface area is 257 Å². The van der Waals surface area contributed by atoms with E-state index in [1.807, 2.05) is 82.3 Å². The van der Waals surface area contributed by atoms with Gasteiger partial charge in [0, 0.05) is 32.5 Å². The van der Waals surface area contributed by atoms with Gasteiger partial charge in [0.1, 0.15) is 11.8 Å². The van der Waals surface area contributed by atoms with Gasteiger partial charge in [0.2, 0.25) is 21.8 Å². The molecule has 9 heteroatoms. The summed E-state index contributed by atoms with van der Waals surface area (Å²) in [5.74, 6) is 0.502. The molecule has 0 unspecified atom stereocenters. The number of anilines is 1. The number of sulfonamides is 1. The molecule has 0 bridgehead atoms. The number of carbonyl (C=O) groups is 2. The summed E-state index contributed by atoms with van der Waals surface area (Å²) >= 11 is 0. The van der Waals surface area contributed by atoms with Gasteiger partial charge in [-0.05, 0) is 61.6 Å². The van der Waals surface area contributed by atoms with Crippen LogP contribution in [0.5, 0.6) is 5.75 Å². The van der Waals surface area contributed by atoms with Crippen molar-refractivity contribution in [2.24, 2.45) is 5.92 Å². The van der Waals surface area contributed by atoms with Crippen molar-refractivity contribution in [3.8, 4) is 5.75 Å². The highest BCUT2D eigenvalue weighted by Gasteiger charge is 2.30. The Kier molecular flexibility index (Phi) is 12.6. The van der Waals surface area contributed by atoms with Crippen molar-refractivity contribution in [1.82, 2.24) is 10.2 Å². The zero-order valence-electron chi connectivity index (χ0n) is 26.0. The van der Waals surface area contributed by atoms with E-state index in [9.17, 15) is 18.0 Å². The molecule has 0 fully saturated rings. The van der Waals surface area contributed by atoms with Crippen LogP contribution in [0.2, 0.25) is 0 Å². The minimum Gasteiger partial charge on any atom is -0.494 e. The second-order valence-corrected chi connectivity index (χ2v) is 13.1. The van der Waals surface area contributed by atoms with Crippen molar-refractivity contribution < 1.29 is 22.7 Å². The first-order valence-electron chi connectivity index (χ1n) is 14.8. The van der Waals surface area contributed by atoms with Crippen LogP contribution in [-0.2, 0) is 32.6 Å². The van der Waals surface area contributed by atoms with Gasteiger partial charge in [0.05, 0.1) is 18.6 Å². The van der Waals surface area contributed by atoms with Crippen LogP contribution < -0.4 is 14.4 Å². The summed E-state index contributed by atoms with van der Waals surface area (Å²) in [6.07, 6.45) is 1.89. The molecule has 3 rings (SSSR count). The Hall–Kier alpha value is -3.85. The molecule has 0 aliphatic rings. The zero-order chi connectivity index (χ0) is 31.4. The molecular formula is C34H45N3O5S. The van der Waals surface area contributed by atoms with Crippen LogP contribution in [0.15, 0.2) is 78.9 Å². The summed E-state index contributed by atoms with van der Waals surface area (Å²) in [5, 5.41) is 3.03. The number of amides is 2. The number of carbonyl (C=O) groups excluding carboxylic acids is 2. The second-order valence-electron chi connectivity index (χ2n) is 11.2. The molecule has 0 saturated carbocycles. The normalized spacial score (nSPS) is 12.0. The van der Waals surface area contributed by atoms with E-state index in [4.69, 9.17) is 4.74 Å². The lowest BCUT2D eigenvalue weighted by Gasteiger charge is -2.32. The standard InChI is InChI=1S/C34H45N3O5S/c1-6-42-31-19-17-30(18-20-31)37(43(5,40)41)21-11-16-33(38)36(25-29-15-10-12-27(4)22-29)32(34(39)35-24-26(2)3)23-28-13-8-7-9-14-28/h7-10,12-15,17-20,22,26,32H,6,11,16,21,23-25H2,1-5H3,(H,35,39)/t32-/m1/s1. The third-order valence-electron chi connectivity index (χ3n) is 6.98. The maximum atomic E-state index is 14.0. The minimum absolute atomic E-state index is 0.0810. The first kappa shape index (κ1) is 33.6. The third-order valence-corrected chi connectivity index (χ3v) is 8.17. The Morgan fingerprint density at radius 1 is 0.930 bits per heavy atom. The highest BCUT2D eigenvalue weighted by atomic mass is 32.2. The number of nitrogens with zero attached hydrogens (tertiary/aromatic N) is 2. The molecule has 0 saturated heterocycles. The molecule has 0 aliphatic carbocycles. The van der Waals surface area contributed by atoms with Gasteiger partial charge in [-0.15, -0.1) is 0 Å². The number of aryl methyl sites for hydroxylation is 1. The van der Waals surface area contributed by atoms with E-state index in [-0.39, 0.29) is 43.7 Å². The average Bonchev–Trinajstić information content (AvgIpc) is 2.96. The SMILES string of the molecule is CCOc1ccc(N(CCCC(=O)N(Cc2cccc(C)c2)[C@H](Cc2ccccc2)C(=O)NCC(C)C)S(C)(=O)=O)cc1. The molecule has 0 heterocycles. The Morgan fingerprint density at radius 3 is 2.21 bits per heavy atom. The van der Waals surface area contributed by atoms with Gasteiger partial charge >= 0.3 is 0 Å².